The fourth-order valence-electron chi connectivity index (χ4n) is 2.56. The van der Waals surface area contributed by atoms with Crippen molar-refractivity contribution in [1.82, 2.24) is 4.98 Å². The highest BCUT2D eigenvalue weighted by Crippen LogP contribution is 2.38. The van der Waals surface area contributed by atoms with Gasteiger partial charge in [0.2, 0.25) is 0 Å². The van der Waals surface area contributed by atoms with Gasteiger partial charge < -0.3 is 19.4 Å². The number of aromatic nitrogens is 1. The molecule has 2 N–H and O–H groups in total. The number of nitrogens with one attached hydrogen (secondary N) is 1. The summed E-state index contributed by atoms with van der Waals surface area (Å²) >= 11 is 0. The Kier molecular flexibility index (Phi) is 3.67. The molecule has 5 heteroatoms. The van der Waals surface area contributed by atoms with Crippen molar-refractivity contribution in [2.75, 3.05) is 6.61 Å². The van der Waals surface area contributed by atoms with Crippen LogP contribution in [0.4, 0.5) is 0 Å². The molecule has 0 unspecified atom stereocenters. The number of rotatable bonds is 3. The molecule has 1 aromatic carbocycles. The molecule has 2 heterocycles. The largest absolute Gasteiger partial charge is 0.492 e. The van der Waals surface area contributed by atoms with E-state index >= 15 is 0 Å². The molecule has 0 spiro atoms. The molecule has 0 aliphatic carbocycles. The van der Waals surface area contributed by atoms with Crippen molar-refractivity contribution in [2.45, 2.75) is 38.9 Å². The topological polar surface area (TPSA) is 54.5 Å². The molecule has 0 bridgehead atoms. The Morgan fingerprint density at radius 1 is 1.18 bits per heavy atom. The zero-order valence-electron chi connectivity index (χ0n) is 13.5. The lowest BCUT2D eigenvalue weighted by Crippen LogP contribution is -2.41. The van der Waals surface area contributed by atoms with Crippen LogP contribution in [0.1, 0.15) is 33.3 Å². The maximum atomic E-state index is 9.73. The van der Waals surface area contributed by atoms with Crippen LogP contribution < -0.4 is 0 Å². The molecule has 22 heavy (non-hydrogen) atoms. The van der Waals surface area contributed by atoms with Crippen LogP contribution in [0, 0.1) is 0 Å². The lowest BCUT2D eigenvalue weighted by atomic mass is 9.77. The molecule has 4 nitrogen and oxygen atoms in total. The van der Waals surface area contributed by atoms with Crippen LogP contribution in [0.5, 0.6) is 0 Å². The minimum Gasteiger partial charge on any atom is -0.400 e. The lowest BCUT2D eigenvalue weighted by Gasteiger charge is -2.32. The van der Waals surface area contributed by atoms with E-state index in [9.17, 15) is 5.11 Å². The van der Waals surface area contributed by atoms with Gasteiger partial charge in [0.05, 0.1) is 17.8 Å². The van der Waals surface area contributed by atoms with Crippen LogP contribution in [0.2, 0.25) is 0 Å². The van der Waals surface area contributed by atoms with E-state index in [-0.39, 0.29) is 6.61 Å². The summed E-state index contributed by atoms with van der Waals surface area (Å²) in [5.74, 6) is 0. The maximum Gasteiger partial charge on any atom is 0.492 e. The van der Waals surface area contributed by atoms with Gasteiger partial charge in [-0.3, -0.25) is 0 Å². The van der Waals surface area contributed by atoms with Crippen molar-refractivity contribution in [3.8, 4) is 0 Å². The van der Waals surface area contributed by atoms with Gasteiger partial charge in [-0.2, -0.15) is 0 Å². The molecule has 1 aliphatic heterocycles. The van der Waals surface area contributed by atoms with E-state index in [0.717, 1.165) is 21.9 Å². The fourth-order valence-corrected chi connectivity index (χ4v) is 2.56. The number of hydrogen-bond acceptors (Lipinski definition) is 3. The molecule has 1 aliphatic rings. The van der Waals surface area contributed by atoms with E-state index in [4.69, 9.17) is 9.31 Å². The first-order valence-electron chi connectivity index (χ1n) is 7.56. The molecule has 1 aromatic heterocycles. The van der Waals surface area contributed by atoms with Crippen LogP contribution in [-0.4, -0.2) is 35.0 Å². The second kappa shape index (κ2) is 5.27. The average molecular weight is 299 g/mol. The molecule has 1 fully saturated rings. The Hall–Kier alpha value is -1.56. The Labute approximate surface area is 131 Å². The first-order chi connectivity index (χ1) is 10.3. The summed E-state index contributed by atoms with van der Waals surface area (Å²) in [6, 6.07) is 8.15. The minimum absolute atomic E-state index is 0.0952. The maximum absolute atomic E-state index is 9.73. The van der Waals surface area contributed by atoms with E-state index in [2.05, 4.69) is 11.1 Å². The molecular weight excluding hydrogens is 277 g/mol. The highest BCUT2D eigenvalue weighted by molar-refractivity contribution is 6.55. The molecule has 0 amide bonds. The Morgan fingerprint density at radius 3 is 2.50 bits per heavy atom. The minimum atomic E-state index is -0.517. The summed E-state index contributed by atoms with van der Waals surface area (Å²) in [6.07, 6.45) is 3.86. The number of aliphatic hydroxyl groups is 1. The van der Waals surface area contributed by atoms with Gasteiger partial charge in [0, 0.05) is 11.7 Å². The van der Waals surface area contributed by atoms with E-state index in [0.29, 0.717) is 0 Å². The zero-order chi connectivity index (χ0) is 16.0. The smallest absolute Gasteiger partial charge is 0.400 e. The molecule has 0 saturated carbocycles. The summed E-state index contributed by atoms with van der Waals surface area (Å²) in [7, 11) is -0.517. The van der Waals surface area contributed by atoms with Crippen molar-refractivity contribution in [1.29, 1.82) is 0 Å². The molecule has 3 rings (SSSR count). The summed E-state index contributed by atoms with van der Waals surface area (Å²) in [6.45, 7) is 7.94. The standard InChI is InChI=1S/C17H22BNO3/c1-16(2)17(3,4)22-18(21-16)14(11-20)10-12-5-6-15-13(9-12)7-8-19-15/h5-10,19-20H,11H2,1-4H3. The highest BCUT2D eigenvalue weighted by atomic mass is 16.7. The van der Waals surface area contributed by atoms with Gasteiger partial charge >= 0.3 is 7.12 Å². The van der Waals surface area contributed by atoms with E-state index in [1.807, 2.05) is 58.2 Å². The summed E-state index contributed by atoms with van der Waals surface area (Å²) < 4.78 is 12.0. The number of H-pyrrole nitrogens is 1. The second-order valence-electron chi connectivity index (χ2n) is 6.79. The number of aromatic amines is 1. The predicted molar refractivity (Wildman–Crippen MR) is 89.4 cm³/mol. The normalized spacial score (nSPS) is 20.8. The van der Waals surface area contributed by atoms with Gasteiger partial charge in [-0.25, -0.2) is 0 Å². The molecule has 0 atom stereocenters. The van der Waals surface area contributed by atoms with Crippen LogP contribution in [0.15, 0.2) is 35.9 Å². The molecule has 2 aromatic rings. The number of aliphatic hydroxyl groups excluding tert-OH is 1. The van der Waals surface area contributed by atoms with Crippen molar-refractivity contribution in [2.24, 2.45) is 0 Å². The van der Waals surface area contributed by atoms with Crippen LogP contribution in [-0.2, 0) is 9.31 Å². The predicted octanol–water partition coefficient (Wildman–Crippen LogP) is 3.18. The van der Waals surface area contributed by atoms with E-state index < -0.39 is 18.3 Å². The van der Waals surface area contributed by atoms with Gasteiger partial charge in [0.25, 0.3) is 0 Å². The molecular formula is C17H22BNO3. The zero-order valence-corrected chi connectivity index (χ0v) is 13.5. The molecule has 1 saturated heterocycles. The highest BCUT2D eigenvalue weighted by Gasteiger charge is 2.52. The molecule has 116 valence electrons. The first-order valence-corrected chi connectivity index (χ1v) is 7.56. The van der Waals surface area contributed by atoms with Crippen molar-refractivity contribution >= 4 is 24.1 Å². The summed E-state index contributed by atoms with van der Waals surface area (Å²) in [4.78, 5) is 3.17. The quantitative estimate of drug-likeness (QED) is 0.856. The second-order valence-corrected chi connectivity index (χ2v) is 6.79. The summed E-state index contributed by atoms with van der Waals surface area (Å²) in [5.41, 5.74) is 2.03. The average Bonchev–Trinajstić information content (AvgIpc) is 2.98. The fraction of sp³-hybridized carbons (Fsp3) is 0.412. The number of fused-ring (bicyclic) bond motifs is 1. The first kappa shape index (κ1) is 15.3. The summed E-state index contributed by atoms with van der Waals surface area (Å²) in [5, 5.41) is 10.9. The third-order valence-electron chi connectivity index (χ3n) is 4.67. The van der Waals surface area contributed by atoms with Crippen molar-refractivity contribution < 1.29 is 14.4 Å². The number of benzene rings is 1. The van der Waals surface area contributed by atoms with Gasteiger partial charge in [-0.05, 0) is 62.3 Å². The Bertz CT molecular complexity index is 702. The van der Waals surface area contributed by atoms with E-state index in [1.165, 1.54) is 0 Å². The molecule has 0 radical (unpaired) electrons. The van der Waals surface area contributed by atoms with Crippen LogP contribution in [0.3, 0.4) is 0 Å². The van der Waals surface area contributed by atoms with Gasteiger partial charge in [-0.15, -0.1) is 0 Å². The van der Waals surface area contributed by atoms with Crippen LogP contribution in [0.25, 0.3) is 17.0 Å². The van der Waals surface area contributed by atoms with Gasteiger partial charge in [0.1, 0.15) is 0 Å². The van der Waals surface area contributed by atoms with Gasteiger partial charge in [-0.1, -0.05) is 12.1 Å². The lowest BCUT2D eigenvalue weighted by molar-refractivity contribution is 0.00578. The third-order valence-corrected chi connectivity index (χ3v) is 4.67. The SMILES string of the molecule is CC1(C)OB(C(=Cc2ccc3[nH]ccc3c2)CO)OC1(C)C. The van der Waals surface area contributed by atoms with Crippen LogP contribution >= 0.6 is 0 Å². The Morgan fingerprint density at radius 2 is 1.86 bits per heavy atom. The van der Waals surface area contributed by atoms with Crippen molar-refractivity contribution in [3.05, 3.63) is 41.5 Å². The van der Waals surface area contributed by atoms with Crippen molar-refractivity contribution in [3.63, 3.8) is 0 Å². The Balaban J connectivity index is 1.90. The third kappa shape index (κ3) is 2.60. The van der Waals surface area contributed by atoms with E-state index in [1.54, 1.807) is 0 Å². The monoisotopic (exact) mass is 299 g/mol. The van der Waals surface area contributed by atoms with Gasteiger partial charge in [0.15, 0.2) is 0 Å². The number of hydrogen-bond donors (Lipinski definition) is 2.